The lowest BCUT2D eigenvalue weighted by Gasteiger charge is -2.12. The summed E-state index contributed by atoms with van der Waals surface area (Å²) in [6, 6.07) is 2.40. The fourth-order valence-electron chi connectivity index (χ4n) is 1.84. The molecular weight excluding hydrogens is 274 g/mol. The molecule has 1 aromatic heterocycles. The van der Waals surface area contributed by atoms with Crippen molar-refractivity contribution < 1.29 is 17.6 Å². The Balaban J connectivity index is 2.61. The molecule has 2 N–H and O–H groups in total. The smallest absolute Gasteiger partial charge is 0.383 e. The highest BCUT2D eigenvalue weighted by molar-refractivity contribution is 5.73. The number of rotatable bonds is 3. The normalized spacial score (nSPS) is 11.6. The van der Waals surface area contributed by atoms with Crippen LogP contribution in [0, 0.1) is 5.82 Å². The van der Waals surface area contributed by atoms with Crippen LogP contribution >= 0.6 is 0 Å². The monoisotopic (exact) mass is 285 g/mol. The fraction of sp³-hybridized carbons (Fsp3) is 0.154. The Hall–Kier alpha value is -2.31. The first-order valence-corrected chi connectivity index (χ1v) is 5.63. The summed E-state index contributed by atoms with van der Waals surface area (Å²) in [6.45, 7) is 3.83. The van der Waals surface area contributed by atoms with Crippen LogP contribution in [0.2, 0.25) is 0 Å². The van der Waals surface area contributed by atoms with E-state index >= 15 is 0 Å². The standard InChI is InChI=1S/C13H11F4N3/c1-2-5-20-7-19-11(12(20)18)9-4-3-8(14)6-10(9)13(15,16)17/h2-4,6-7H,1,5,18H2. The average Bonchev–Trinajstić information content (AvgIpc) is 2.71. The zero-order valence-corrected chi connectivity index (χ0v) is 10.3. The molecule has 0 aliphatic heterocycles. The summed E-state index contributed by atoms with van der Waals surface area (Å²) in [4.78, 5) is 3.88. The van der Waals surface area contributed by atoms with Gasteiger partial charge in [-0.25, -0.2) is 9.37 Å². The number of anilines is 1. The average molecular weight is 285 g/mol. The fourth-order valence-corrected chi connectivity index (χ4v) is 1.84. The molecule has 0 aliphatic rings. The molecule has 0 atom stereocenters. The Labute approximate surface area is 112 Å². The Morgan fingerprint density at radius 3 is 2.65 bits per heavy atom. The summed E-state index contributed by atoms with van der Waals surface area (Å²) in [5.41, 5.74) is 4.38. The minimum Gasteiger partial charge on any atom is -0.383 e. The van der Waals surface area contributed by atoms with Gasteiger partial charge in [-0.3, -0.25) is 0 Å². The minimum atomic E-state index is -4.69. The van der Waals surface area contributed by atoms with Crippen molar-refractivity contribution in [3.8, 4) is 11.3 Å². The molecule has 0 aliphatic carbocycles. The maximum atomic E-state index is 13.0. The van der Waals surface area contributed by atoms with Crippen molar-refractivity contribution in [3.05, 3.63) is 48.6 Å². The van der Waals surface area contributed by atoms with Crippen LogP contribution in [0.25, 0.3) is 11.3 Å². The number of alkyl halides is 3. The Morgan fingerprint density at radius 2 is 2.05 bits per heavy atom. The first-order chi connectivity index (χ1) is 9.34. The molecule has 0 amide bonds. The van der Waals surface area contributed by atoms with Crippen LogP contribution in [0.3, 0.4) is 0 Å². The molecule has 0 radical (unpaired) electrons. The van der Waals surface area contributed by atoms with E-state index in [1.807, 2.05) is 0 Å². The zero-order chi connectivity index (χ0) is 14.9. The van der Waals surface area contributed by atoms with E-state index in [4.69, 9.17) is 5.73 Å². The van der Waals surface area contributed by atoms with Crippen LogP contribution < -0.4 is 5.73 Å². The number of imidazole rings is 1. The second kappa shape index (κ2) is 4.99. The number of aromatic nitrogens is 2. The Morgan fingerprint density at radius 1 is 1.35 bits per heavy atom. The van der Waals surface area contributed by atoms with Crippen molar-refractivity contribution in [1.29, 1.82) is 0 Å². The second-order valence-corrected chi connectivity index (χ2v) is 4.11. The lowest BCUT2D eigenvalue weighted by atomic mass is 10.0. The van der Waals surface area contributed by atoms with Crippen molar-refractivity contribution in [1.82, 2.24) is 9.55 Å². The van der Waals surface area contributed by atoms with Crippen LogP contribution in [-0.4, -0.2) is 9.55 Å². The number of benzene rings is 1. The van der Waals surface area contributed by atoms with E-state index in [0.717, 1.165) is 12.1 Å². The van der Waals surface area contributed by atoms with Gasteiger partial charge in [0.25, 0.3) is 0 Å². The van der Waals surface area contributed by atoms with Crippen LogP contribution in [0.4, 0.5) is 23.4 Å². The lowest BCUT2D eigenvalue weighted by Crippen LogP contribution is -2.09. The molecule has 2 aromatic rings. The van der Waals surface area contributed by atoms with Gasteiger partial charge in [0.2, 0.25) is 0 Å². The van der Waals surface area contributed by atoms with Gasteiger partial charge in [0.1, 0.15) is 17.3 Å². The van der Waals surface area contributed by atoms with E-state index in [1.54, 1.807) is 0 Å². The van der Waals surface area contributed by atoms with Crippen molar-refractivity contribution >= 4 is 5.82 Å². The molecule has 7 heteroatoms. The van der Waals surface area contributed by atoms with Crippen molar-refractivity contribution in [2.75, 3.05) is 5.73 Å². The highest BCUT2D eigenvalue weighted by Gasteiger charge is 2.35. The molecule has 1 heterocycles. The zero-order valence-electron chi connectivity index (χ0n) is 10.3. The van der Waals surface area contributed by atoms with Crippen LogP contribution in [-0.2, 0) is 12.7 Å². The third-order valence-corrected chi connectivity index (χ3v) is 2.75. The van der Waals surface area contributed by atoms with E-state index in [2.05, 4.69) is 11.6 Å². The summed E-state index contributed by atoms with van der Waals surface area (Å²) < 4.78 is 53.3. The largest absolute Gasteiger partial charge is 0.417 e. The Bertz CT molecular complexity index is 644. The highest BCUT2D eigenvalue weighted by atomic mass is 19.4. The van der Waals surface area contributed by atoms with Gasteiger partial charge < -0.3 is 10.3 Å². The Kier molecular flexibility index (Phi) is 3.52. The molecule has 0 bridgehead atoms. The molecule has 20 heavy (non-hydrogen) atoms. The van der Waals surface area contributed by atoms with Gasteiger partial charge in [-0.05, 0) is 18.2 Å². The van der Waals surface area contributed by atoms with Gasteiger partial charge >= 0.3 is 6.18 Å². The van der Waals surface area contributed by atoms with Gasteiger partial charge in [0, 0.05) is 12.1 Å². The van der Waals surface area contributed by atoms with E-state index in [0.29, 0.717) is 12.6 Å². The molecule has 1 aromatic carbocycles. The molecule has 0 spiro atoms. The molecular formula is C13H11F4N3. The van der Waals surface area contributed by atoms with Gasteiger partial charge in [-0.2, -0.15) is 13.2 Å². The van der Waals surface area contributed by atoms with E-state index in [1.165, 1.54) is 17.0 Å². The second-order valence-electron chi connectivity index (χ2n) is 4.11. The number of hydrogen-bond donors (Lipinski definition) is 1. The molecule has 3 nitrogen and oxygen atoms in total. The summed E-state index contributed by atoms with van der Waals surface area (Å²) in [5, 5.41) is 0. The third-order valence-electron chi connectivity index (χ3n) is 2.75. The minimum absolute atomic E-state index is 0.0285. The maximum absolute atomic E-state index is 13.0. The molecule has 0 fully saturated rings. The SMILES string of the molecule is C=CCn1cnc(-c2ccc(F)cc2C(F)(F)F)c1N. The maximum Gasteiger partial charge on any atom is 0.417 e. The van der Waals surface area contributed by atoms with Crippen LogP contribution in [0.1, 0.15) is 5.56 Å². The molecule has 0 saturated heterocycles. The van der Waals surface area contributed by atoms with Crippen LogP contribution in [0.5, 0.6) is 0 Å². The number of nitrogens with zero attached hydrogens (tertiary/aromatic N) is 2. The first-order valence-electron chi connectivity index (χ1n) is 5.63. The predicted molar refractivity (Wildman–Crippen MR) is 67.2 cm³/mol. The number of hydrogen-bond acceptors (Lipinski definition) is 2. The number of halogens is 4. The molecule has 2 rings (SSSR count). The number of allylic oxidation sites excluding steroid dienone is 1. The molecule has 0 unspecified atom stereocenters. The number of nitrogen functional groups attached to an aromatic ring is 1. The van der Waals surface area contributed by atoms with Gasteiger partial charge in [0.05, 0.1) is 11.9 Å². The summed E-state index contributed by atoms with van der Waals surface area (Å²) in [7, 11) is 0. The van der Waals surface area contributed by atoms with E-state index < -0.39 is 17.6 Å². The molecule has 106 valence electrons. The summed E-state index contributed by atoms with van der Waals surface area (Å²) >= 11 is 0. The molecule has 0 saturated carbocycles. The van der Waals surface area contributed by atoms with Crippen molar-refractivity contribution in [3.63, 3.8) is 0 Å². The quantitative estimate of drug-likeness (QED) is 0.693. The van der Waals surface area contributed by atoms with E-state index in [-0.39, 0.29) is 17.1 Å². The summed E-state index contributed by atoms with van der Waals surface area (Å²) in [5.74, 6) is -0.896. The predicted octanol–water partition coefficient (Wildman–Crippen LogP) is 3.48. The van der Waals surface area contributed by atoms with Crippen molar-refractivity contribution in [2.45, 2.75) is 12.7 Å². The first kappa shape index (κ1) is 14.1. The number of nitrogens with two attached hydrogens (primary N) is 1. The third kappa shape index (κ3) is 2.52. The van der Waals surface area contributed by atoms with Gasteiger partial charge in [0.15, 0.2) is 0 Å². The lowest BCUT2D eigenvalue weighted by molar-refractivity contribution is -0.137. The highest BCUT2D eigenvalue weighted by Crippen LogP contribution is 2.38. The van der Waals surface area contributed by atoms with E-state index in [9.17, 15) is 17.6 Å². The topological polar surface area (TPSA) is 43.8 Å². The van der Waals surface area contributed by atoms with Gasteiger partial charge in [-0.15, -0.1) is 6.58 Å². The summed E-state index contributed by atoms with van der Waals surface area (Å²) in [6.07, 6.45) is -1.83. The van der Waals surface area contributed by atoms with Crippen LogP contribution in [0.15, 0.2) is 37.2 Å². The van der Waals surface area contributed by atoms with Gasteiger partial charge in [-0.1, -0.05) is 6.08 Å². The van der Waals surface area contributed by atoms with Crippen molar-refractivity contribution in [2.24, 2.45) is 0 Å².